The molecule has 2 rings (SSSR count). The minimum absolute atomic E-state index is 0.126. The Bertz CT molecular complexity index is 429. The van der Waals surface area contributed by atoms with Gasteiger partial charge in [-0.25, -0.2) is 8.42 Å². The van der Waals surface area contributed by atoms with E-state index in [9.17, 15) is 8.42 Å². The topological polar surface area (TPSA) is 55.4 Å². The van der Waals surface area contributed by atoms with Crippen LogP contribution in [0.1, 0.15) is 58.8 Å². The molecule has 2 fully saturated rings. The number of rotatable bonds is 6. The first-order valence-electron chi connectivity index (χ1n) is 8.43. The van der Waals surface area contributed by atoms with E-state index in [1.54, 1.807) is 0 Å². The second-order valence-corrected chi connectivity index (χ2v) is 9.40. The summed E-state index contributed by atoms with van der Waals surface area (Å²) in [5.41, 5.74) is -0.126. The highest BCUT2D eigenvalue weighted by Gasteiger charge is 2.44. The molecule has 4 unspecified atom stereocenters. The molecule has 124 valence electrons. The summed E-state index contributed by atoms with van der Waals surface area (Å²) in [4.78, 5) is 0. The zero-order chi connectivity index (χ0) is 15.5. The van der Waals surface area contributed by atoms with E-state index in [1.807, 2.05) is 0 Å². The maximum absolute atomic E-state index is 11.9. The van der Waals surface area contributed by atoms with Gasteiger partial charge in [0.25, 0.3) is 0 Å². The quantitative estimate of drug-likeness (QED) is 0.818. The first kappa shape index (κ1) is 17.2. The van der Waals surface area contributed by atoms with Gasteiger partial charge in [-0.1, -0.05) is 13.3 Å². The summed E-state index contributed by atoms with van der Waals surface area (Å²) >= 11 is 0. The van der Waals surface area contributed by atoms with Crippen LogP contribution in [-0.4, -0.2) is 44.7 Å². The van der Waals surface area contributed by atoms with E-state index in [-0.39, 0.29) is 16.9 Å². The highest BCUT2D eigenvalue weighted by molar-refractivity contribution is 7.91. The lowest BCUT2D eigenvalue weighted by atomic mass is 9.76. The predicted molar refractivity (Wildman–Crippen MR) is 86.3 cm³/mol. The Kier molecular flexibility index (Phi) is 5.71. The average molecular weight is 317 g/mol. The molecule has 5 heteroatoms. The van der Waals surface area contributed by atoms with Gasteiger partial charge in [-0.05, 0) is 57.9 Å². The summed E-state index contributed by atoms with van der Waals surface area (Å²) < 4.78 is 29.9. The SMILES string of the molecule is CCCNC(C1CCCC(S(C)(=O)=O)C1)C1(C)CCCO1. The molecule has 1 N–H and O–H groups in total. The number of sulfone groups is 1. The maximum atomic E-state index is 11.9. The number of hydrogen-bond donors (Lipinski definition) is 1. The van der Waals surface area contributed by atoms with Crippen LogP contribution in [0.2, 0.25) is 0 Å². The fraction of sp³-hybridized carbons (Fsp3) is 1.00. The highest BCUT2D eigenvalue weighted by Crippen LogP contribution is 2.39. The van der Waals surface area contributed by atoms with Gasteiger partial charge in [-0.2, -0.15) is 0 Å². The molecule has 1 aliphatic heterocycles. The Hall–Kier alpha value is -0.130. The second kappa shape index (κ2) is 6.97. The molecule has 0 amide bonds. The van der Waals surface area contributed by atoms with E-state index in [0.717, 1.165) is 58.1 Å². The Balaban J connectivity index is 2.12. The zero-order valence-electron chi connectivity index (χ0n) is 13.7. The molecule has 0 aromatic heterocycles. The molecule has 0 bridgehead atoms. The minimum Gasteiger partial charge on any atom is -0.374 e. The zero-order valence-corrected chi connectivity index (χ0v) is 14.5. The van der Waals surface area contributed by atoms with Crippen LogP contribution >= 0.6 is 0 Å². The molecule has 4 nitrogen and oxygen atoms in total. The van der Waals surface area contributed by atoms with Gasteiger partial charge in [-0.15, -0.1) is 0 Å². The van der Waals surface area contributed by atoms with Gasteiger partial charge in [0.2, 0.25) is 0 Å². The fourth-order valence-electron chi connectivity index (χ4n) is 4.10. The Labute approximate surface area is 129 Å². The van der Waals surface area contributed by atoms with E-state index in [4.69, 9.17) is 4.74 Å². The molecular weight excluding hydrogens is 286 g/mol. The molecule has 1 aliphatic carbocycles. The molecule has 0 radical (unpaired) electrons. The number of hydrogen-bond acceptors (Lipinski definition) is 4. The van der Waals surface area contributed by atoms with Crippen molar-refractivity contribution in [2.75, 3.05) is 19.4 Å². The molecule has 1 saturated carbocycles. The van der Waals surface area contributed by atoms with Gasteiger partial charge in [0.05, 0.1) is 10.9 Å². The largest absolute Gasteiger partial charge is 0.374 e. The summed E-state index contributed by atoms with van der Waals surface area (Å²) in [6.45, 7) is 6.19. The lowest BCUT2D eigenvalue weighted by Gasteiger charge is -2.42. The van der Waals surface area contributed by atoms with E-state index in [0.29, 0.717) is 5.92 Å². The Morgan fingerprint density at radius 2 is 2.10 bits per heavy atom. The van der Waals surface area contributed by atoms with Gasteiger partial charge in [-0.3, -0.25) is 0 Å². The number of nitrogens with one attached hydrogen (secondary N) is 1. The summed E-state index contributed by atoms with van der Waals surface area (Å²) in [6, 6.07) is 0.282. The summed E-state index contributed by atoms with van der Waals surface area (Å²) in [7, 11) is -2.92. The molecule has 1 saturated heterocycles. The van der Waals surface area contributed by atoms with Gasteiger partial charge in [0, 0.05) is 18.9 Å². The van der Waals surface area contributed by atoms with Crippen LogP contribution in [-0.2, 0) is 14.6 Å². The summed E-state index contributed by atoms with van der Waals surface area (Å²) in [6.07, 6.45) is 8.43. The molecule has 1 heterocycles. The van der Waals surface area contributed by atoms with Crippen molar-refractivity contribution < 1.29 is 13.2 Å². The maximum Gasteiger partial charge on any atom is 0.150 e. The smallest absolute Gasteiger partial charge is 0.150 e. The van der Waals surface area contributed by atoms with Gasteiger partial charge >= 0.3 is 0 Å². The summed E-state index contributed by atoms with van der Waals surface area (Å²) in [5, 5.41) is 3.51. The van der Waals surface area contributed by atoms with Crippen LogP contribution in [0.4, 0.5) is 0 Å². The van der Waals surface area contributed by atoms with Crippen molar-refractivity contribution in [1.82, 2.24) is 5.32 Å². The normalized spacial score (nSPS) is 35.8. The van der Waals surface area contributed by atoms with E-state index in [2.05, 4.69) is 19.2 Å². The van der Waals surface area contributed by atoms with Crippen LogP contribution in [0.15, 0.2) is 0 Å². The van der Waals surface area contributed by atoms with Crippen LogP contribution in [0.25, 0.3) is 0 Å². The summed E-state index contributed by atoms with van der Waals surface area (Å²) in [5.74, 6) is 0.410. The molecule has 4 atom stereocenters. The van der Waals surface area contributed by atoms with Crippen molar-refractivity contribution in [2.24, 2.45) is 5.92 Å². The van der Waals surface area contributed by atoms with Crippen LogP contribution in [0.5, 0.6) is 0 Å². The standard InChI is InChI=1S/C16H31NO3S/c1-4-10-17-15(16(2)9-6-11-20-16)13-7-5-8-14(12-13)21(3,18)19/h13-15,17H,4-12H2,1-3H3. The van der Waals surface area contributed by atoms with Gasteiger partial charge in [0.1, 0.15) is 9.84 Å². The highest BCUT2D eigenvalue weighted by atomic mass is 32.2. The second-order valence-electron chi connectivity index (χ2n) is 7.07. The van der Waals surface area contributed by atoms with Crippen LogP contribution in [0.3, 0.4) is 0 Å². The first-order chi connectivity index (χ1) is 9.87. The molecule has 21 heavy (non-hydrogen) atoms. The Morgan fingerprint density at radius 3 is 2.67 bits per heavy atom. The molecule has 2 aliphatic rings. The van der Waals surface area contributed by atoms with Gasteiger partial charge in [0.15, 0.2) is 0 Å². The van der Waals surface area contributed by atoms with Crippen LogP contribution < -0.4 is 5.32 Å². The minimum atomic E-state index is -2.92. The fourth-order valence-corrected chi connectivity index (χ4v) is 5.29. The van der Waals surface area contributed by atoms with E-state index < -0.39 is 9.84 Å². The average Bonchev–Trinajstić information content (AvgIpc) is 2.86. The van der Waals surface area contributed by atoms with Crippen molar-refractivity contribution in [1.29, 1.82) is 0 Å². The molecular formula is C16H31NO3S. The van der Waals surface area contributed by atoms with Gasteiger partial charge < -0.3 is 10.1 Å². The van der Waals surface area contributed by atoms with E-state index in [1.165, 1.54) is 6.26 Å². The third-order valence-corrected chi connectivity index (χ3v) is 6.90. The molecule has 0 aromatic carbocycles. The van der Waals surface area contributed by atoms with Crippen molar-refractivity contribution in [3.63, 3.8) is 0 Å². The first-order valence-corrected chi connectivity index (χ1v) is 10.4. The number of ether oxygens (including phenoxy) is 1. The van der Waals surface area contributed by atoms with Crippen molar-refractivity contribution in [3.05, 3.63) is 0 Å². The third-order valence-electron chi connectivity index (χ3n) is 5.27. The molecule has 0 aromatic rings. The molecule has 0 spiro atoms. The van der Waals surface area contributed by atoms with Crippen LogP contribution in [0, 0.1) is 5.92 Å². The van der Waals surface area contributed by atoms with Crippen molar-refractivity contribution in [3.8, 4) is 0 Å². The monoisotopic (exact) mass is 317 g/mol. The predicted octanol–water partition coefficient (Wildman–Crippen LogP) is 2.53. The third kappa shape index (κ3) is 4.20. The van der Waals surface area contributed by atoms with E-state index >= 15 is 0 Å². The van der Waals surface area contributed by atoms with Crippen molar-refractivity contribution in [2.45, 2.75) is 75.7 Å². The Morgan fingerprint density at radius 1 is 1.33 bits per heavy atom. The lowest BCUT2D eigenvalue weighted by Crippen LogP contribution is -2.54. The van der Waals surface area contributed by atoms with Crippen molar-refractivity contribution >= 4 is 9.84 Å². The lowest BCUT2D eigenvalue weighted by molar-refractivity contribution is -0.0335.